The third kappa shape index (κ3) is 4.48. The summed E-state index contributed by atoms with van der Waals surface area (Å²) in [5.74, 6) is -1.88. The number of aliphatic hydroxyl groups is 1. The predicted octanol–water partition coefficient (Wildman–Crippen LogP) is 5.92. The van der Waals surface area contributed by atoms with Gasteiger partial charge in [-0.1, -0.05) is 45.3 Å². The van der Waals surface area contributed by atoms with Crippen LogP contribution in [0.5, 0.6) is 11.5 Å². The van der Waals surface area contributed by atoms with Crippen LogP contribution in [-0.4, -0.2) is 20.9 Å². The molecule has 0 bridgehead atoms. The zero-order valence-electron chi connectivity index (χ0n) is 17.6. The summed E-state index contributed by atoms with van der Waals surface area (Å²) in [6.07, 6.45) is 6.23. The van der Waals surface area contributed by atoms with Crippen molar-refractivity contribution in [3.8, 4) is 11.5 Å². The number of phenolic OH excluding ortho intramolecular Hbond substituents is 2. The van der Waals surface area contributed by atoms with Gasteiger partial charge >= 0.3 is 0 Å². The maximum absolute atomic E-state index is 15.2. The molecular formula is C23H35FO3. The smallest absolute Gasteiger partial charge is 0.169 e. The number of aromatic hydroxyl groups is 2. The van der Waals surface area contributed by atoms with Crippen LogP contribution in [0.25, 0.3) is 0 Å². The van der Waals surface area contributed by atoms with Crippen molar-refractivity contribution in [1.82, 2.24) is 0 Å². The van der Waals surface area contributed by atoms with Crippen molar-refractivity contribution in [2.75, 3.05) is 0 Å². The van der Waals surface area contributed by atoms with Crippen molar-refractivity contribution in [1.29, 1.82) is 0 Å². The first-order valence-corrected chi connectivity index (χ1v) is 10.0. The number of benzene rings is 1. The van der Waals surface area contributed by atoms with Gasteiger partial charge in [-0.15, -0.1) is 0 Å². The summed E-state index contributed by atoms with van der Waals surface area (Å²) in [6, 6.07) is 1.47. The fourth-order valence-electron chi connectivity index (χ4n) is 4.37. The van der Waals surface area contributed by atoms with Crippen molar-refractivity contribution in [3.63, 3.8) is 0 Å². The highest BCUT2D eigenvalue weighted by atomic mass is 19.1. The lowest BCUT2D eigenvalue weighted by Crippen LogP contribution is -2.36. The minimum Gasteiger partial charge on any atom is -0.507 e. The SMILES string of the molecule is CCCCC(C)(C)c1cc(O)c(C2C=C(C)CCC2C(C)(C)O)c(O)c1F. The van der Waals surface area contributed by atoms with Crippen molar-refractivity contribution in [2.45, 2.75) is 90.6 Å². The van der Waals surface area contributed by atoms with E-state index in [2.05, 4.69) is 6.92 Å². The van der Waals surface area contributed by atoms with Crippen LogP contribution in [0.15, 0.2) is 17.7 Å². The van der Waals surface area contributed by atoms with E-state index in [-0.39, 0.29) is 17.2 Å². The van der Waals surface area contributed by atoms with Gasteiger partial charge in [-0.2, -0.15) is 0 Å². The Kier molecular flexibility index (Phi) is 6.30. The number of unbranched alkanes of at least 4 members (excludes halogenated alkanes) is 1. The lowest BCUT2D eigenvalue weighted by molar-refractivity contribution is 0.00413. The molecule has 1 aliphatic rings. The summed E-state index contributed by atoms with van der Waals surface area (Å²) in [6.45, 7) is 11.4. The molecule has 0 fully saturated rings. The van der Waals surface area contributed by atoms with Crippen LogP contribution in [0.2, 0.25) is 0 Å². The van der Waals surface area contributed by atoms with Gasteiger partial charge in [-0.25, -0.2) is 4.39 Å². The summed E-state index contributed by atoms with van der Waals surface area (Å²) in [4.78, 5) is 0. The van der Waals surface area contributed by atoms with Crippen LogP contribution in [0.1, 0.15) is 90.7 Å². The number of halogens is 1. The van der Waals surface area contributed by atoms with E-state index in [0.29, 0.717) is 5.56 Å². The molecule has 0 aliphatic heterocycles. The highest BCUT2D eigenvalue weighted by Gasteiger charge is 2.39. The molecule has 0 saturated carbocycles. The van der Waals surface area contributed by atoms with Gasteiger partial charge in [0.25, 0.3) is 0 Å². The topological polar surface area (TPSA) is 60.7 Å². The molecule has 3 nitrogen and oxygen atoms in total. The summed E-state index contributed by atoms with van der Waals surface area (Å²) in [7, 11) is 0. The summed E-state index contributed by atoms with van der Waals surface area (Å²) in [5.41, 5.74) is 0.157. The Morgan fingerprint density at radius 1 is 1.19 bits per heavy atom. The summed E-state index contributed by atoms with van der Waals surface area (Å²) >= 11 is 0. The third-order valence-corrected chi connectivity index (χ3v) is 6.13. The standard InChI is InChI=1S/C23H35FO3/c1-7-8-11-22(3,4)17-13-18(25)19(21(26)20(17)24)15-12-14(2)9-10-16(15)23(5,6)27/h12-13,15-16,25-27H,7-11H2,1-6H3. The molecule has 0 aromatic heterocycles. The average molecular weight is 379 g/mol. The average Bonchev–Trinajstić information content (AvgIpc) is 2.55. The van der Waals surface area contributed by atoms with Gasteiger partial charge in [-0.05, 0) is 57.4 Å². The zero-order chi connectivity index (χ0) is 20.6. The van der Waals surface area contributed by atoms with Crippen LogP contribution in [0.4, 0.5) is 4.39 Å². The molecule has 2 unspecified atom stereocenters. The van der Waals surface area contributed by atoms with Gasteiger partial charge in [0.2, 0.25) is 0 Å². The fourth-order valence-corrected chi connectivity index (χ4v) is 4.37. The molecule has 0 spiro atoms. The third-order valence-electron chi connectivity index (χ3n) is 6.13. The van der Waals surface area contributed by atoms with Crippen LogP contribution >= 0.6 is 0 Å². The molecule has 0 radical (unpaired) electrons. The lowest BCUT2D eigenvalue weighted by Gasteiger charge is -2.39. The predicted molar refractivity (Wildman–Crippen MR) is 108 cm³/mol. The maximum atomic E-state index is 15.2. The molecule has 152 valence electrons. The molecule has 4 heteroatoms. The Balaban J connectivity index is 2.58. The van der Waals surface area contributed by atoms with E-state index in [1.807, 2.05) is 26.8 Å². The zero-order valence-corrected chi connectivity index (χ0v) is 17.6. The van der Waals surface area contributed by atoms with Crippen LogP contribution < -0.4 is 0 Å². The molecule has 0 amide bonds. The first kappa shape index (κ1) is 21.7. The van der Waals surface area contributed by atoms with E-state index in [1.165, 1.54) is 6.07 Å². The minimum atomic E-state index is -1.00. The van der Waals surface area contributed by atoms with Gasteiger partial charge in [-0.3, -0.25) is 0 Å². The van der Waals surface area contributed by atoms with Crippen LogP contribution in [-0.2, 0) is 5.41 Å². The van der Waals surface area contributed by atoms with E-state index >= 15 is 4.39 Å². The molecular weight excluding hydrogens is 343 g/mol. The Hall–Kier alpha value is -1.55. The van der Waals surface area contributed by atoms with Crippen molar-refractivity contribution >= 4 is 0 Å². The quantitative estimate of drug-likeness (QED) is 0.539. The van der Waals surface area contributed by atoms with Gasteiger partial charge in [0.15, 0.2) is 11.6 Å². The number of hydrogen-bond acceptors (Lipinski definition) is 3. The van der Waals surface area contributed by atoms with E-state index in [1.54, 1.807) is 13.8 Å². The normalized spacial score (nSPS) is 21.3. The second-order valence-electron chi connectivity index (χ2n) is 9.34. The highest BCUT2D eigenvalue weighted by Crippen LogP contribution is 2.50. The molecule has 2 atom stereocenters. The lowest BCUT2D eigenvalue weighted by atomic mass is 9.69. The summed E-state index contributed by atoms with van der Waals surface area (Å²) < 4.78 is 15.2. The second kappa shape index (κ2) is 7.83. The van der Waals surface area contributed by atoms with Gasteiger partial charge in [0.1, 0.15) is 5.75 Å². The van der Waals surface area contributed by atoms with Crippen LogP contribution in [0, 0.1) is 11.7 Å². The Morgan fingerprint density at radius 3 is 2.37 bits per heavy atom. The largest absolute Gasteiger partial charge is 0.507 e. The Morgan fingerprint density at radius 2 is 1.81 bits per heavy atom. The van der Waals surface area contributed by atoms with E-state index < -0.39 is 28.5 Å². The molecule has 0 saturated heterocycles. The summed E-state index contributed by atoms with van der Waals surface area (Å²) in [5, 5.41) is 32.1. The van der Waals surface area contributed by atoms with Crippen molar-refractivity contribution in [3.05, 3.63) is 34.7 Å². The number of phenols is 2. The molecule has 1 aromatic rings. The molecule has 2 rings (SSSR count). The van der Waals surface area contributed by atoms with E-state index in [0.717, 1.165) is 37.7 Å². The molecule has 27 heavy (non-hydrogen) atoms. The van der Waals surface area contributed by atoms with Crippen molar-refractivity contribution < 1.29 is 19.7 Å². The second-order valence-corrected chi connectivity index (χ2v) is 9.34. The molecule has 1 aromatic carbocycles. The Labute approximate surface area is 162 Å². The van der Waals surface area contributed by atoms with Crippen LogP contribution in [0.3, 0.4) is 0 Å². The monoisotopic (exact) mass is 378 g/mol. The van der Waals surface area contributed by atoms with Crippen molar-refractivity contribution in [2.24, 2.45) is 5.92 Å². The van der Waals surface area contributed by atoms with E-state index in [4.69, 9.17) is 0 Å². The number of hydrogen-bond donors (Lipinski definition) is 3. The molecule has 0 heterocycles. The van der Waals surface area contributed by atoms with E-state index in [9.17, 15) is 15.3 Å². The van der Waals surface area contributed by atoms with Gasteiger partial charge in [0, 0.05) is 17.0 Å². The first-order valence-electron chi connectivity index (χ1n) is 10.0. The van der Waals surface area contributed by atoms with Gasteiger partial charge < -0.3 is 15.3 Å². The fraction of sp³-hybridized carbons (Fsp3) is 0.652. The highest BCUT2D eigenvalue weighted by molar-refractivity contribution is 5.53. The number of rotatable bonds is 6. The molecule has 1 aliphatic carbocycles. The maximum Gasteiger partial charge on any atom is 0.169 e. The van der Waals surface area contributed by atoms with Gasteiger partial charge in [0.05, 0.1) is 5.60 Å². The number of allylic oxidation sites excluding steroid dienone is 2. The Bertz CT molecular complexity index is 713. The minimum absolute atomic E-state index is 0.0985. The molecule has 3 N–H and O–H groups in total. The first-order chi connectivity index (χ1) is 12.4.